The number of fused-ring (bicyclic) bond motifs is 3. The Morgan fingerprint density at radius 1 is 0.761 bits per heavy atom. The number of hydrogen-bond donors (Lipinski definition) is 0. The van der Waals surface area contributed by atoms with Gasteiger partial charge < -0.3 is 9.47 Å². The lowest BCUT2D eigenvalue weighted by Crippen LogP contribution is -2.30. The second-order valence-electron chi connectivity index (χ2n) is 12.7. The molecule has 0 amide bonds. The third kappa shape index (κ3) is 7.60. The van der Waals surface area contributed by atoms with Crippen LogP contribution in [-0.4, -0.2) is 13.2 Å². The van der Waals surface area contributed by atoms with E-state index >= 15 is 0 Å². The van der Waals surface area contributed by atoms with Crippen LogP contribution in [0.1, 0.15) is 101 Å². The first-order chi connectivity index (χ1) is 22.2. The van der Waals surface area contributed by atoms with Crippen molar-refractivity contribution in [3.63, 3.8) is 0 Å². The van der Waals surface area contributed by atoms with Crippen LogP contribution in [0, 0.1) is 25.7 Å². The monoisotopic (exact) mass is 746 g/mol. The molecular formula is C42H52Br2O2. The second-order valence-corrected chi connectivity index (χ2v) is 14.6. The summed E-state index contributed by atoms with van der Waals surface area (Å²) in [6, 6.07) is 20.4. The van der Waals surface area contributed by atoms with E-state index in [-0.39, 0.29) is 0 Å². The quantitative estimate of drug-likeness (QED) is 0.194. The van der Waals surface area contributed by atoms with Gasteiger partial charge in [0.25, 0.3) is 0 Å². The van der Waals surface area contributed by atoms with Crippen LogP contribution in [0.5, 0.6) is 0 Å². The van der Waals surface area contributed by atoms with Crippen LogP contribution in [0.25, 0.3) is 11.1 Å². The third-order valence-electron chi connectivity index (χ3n) is 9.52. The van der Waals surface area contributed by atoms with Gasteiger partial charge in [-0.15, -0.1) is 0 Å². The fraction of sp³-hybridized carbons (Fsp3) is 0.429. The Morgan fingerprint density at radius 2 is 1.39 bits per heavy atom. The number of rotatable bonds is 11. The predicted octanol–water partition coefficient (Wildman–Crippen LogP) is 13.2. The van der Waals surface area contributed by atoms with Crippen molar-refractivity contribution in [1.82, 2.24) is 0 Å². The summed E-state index contributed by atoms with van der Waals surface area (Å²) < 4.78 is 15.2. The van der Waals surface area contributed by atoms with Crippen LogP contribution >= 0.6 is 31.9 Å². The van der Waals surface area contributed by atoms with Crippen molar-refractivity contribution in [2.45, 2.75) is 92.9 Å². The van der Waals surface area contributed by atoms with E-state index in [0.717, 1.165) is 52.6 Å². The van der Waals surface area contributed by atoms with Crippen LogP contribution < -0.4 is 0 Å². The summed E-state index contributed by atoms with van der Waals surface area (Å²) in [6.45, 7) is 18.9. The summed E-state index contributed by atoms with van der Waals surface area (Å²) in [6.07, 6.45) is 11.9. The van der Waals surface area contributed by atoms with Gasteiger partial charge in [-0.3, -0.25) is 0 Å². The van der Waals surface area contributed by atoms with Gasteiger partial charge >= 0.3 is 0 Å². The molecule has 2 aliphatic rings. The SMILES string of the molecule is CC.CCC(C)CCO/C1=C(\OCC(C)CC)CCC=C(C2(c3cc(C)ccc3C)c3cc(Br)ccc3-c3ccc(Br)cc32)C=C1. The van der Waals surface area contributed by atoms with Crippen LogP contribution in [0.3, 0.4) is 0 Å². The van der Waals surface area contributed by atoms with E-state index < -0.39 is 5.41 Å². The highest BCUT2D eigenvalue weighted by molar-refractivity contribution is 9.10. The number of hydrogen-bond acceptors (Lipinski definition) is 2. The molecule has 0 radical (unpaired) electrons. The van der Waals surface area contributed by atoms with Gasteiger partial charge in [0.1, 0.15) is 5.76 Å². The number of halogens is 2. The van der Waals surface area contributed by atoms with E-state index in [0.29, 0.717) is 25.0 Å². The molecule has 0 aliphatic heterocycles. The molecular weight excluding hydrogens is 696 g/mol. The molecule has 2 unspecified atom stereocenters. The Labute approximate surface area is 295 Å². The summed E-state index contributed by atoms with van der Waals surface area (Å²) in [5.41, 5.74) is 9.83. The van der Waals surface area contributed by atoms with Crippen LogP contribution in [0.15, 0.2) is 98.9 Å². The first kappa shape index (κ1) is 36.3. The molecule has 0 saturated carbocycles. The van der Waals surface area contributed by atoms with Gasteiger partial charge in [0.05, 0.1) is 18.6 Å². The zero-order valence-corrected chi connectivity index (χ0v) is 32.3. The first-order valence-electron chi connectivity index (χ1n) is 17.2. The molecule has 246 valence electrons. The third-order valence-corrected chi connectivity index (χ3v) is 10.5. The fourth-order valence-electron chi connectivity index (χ4n) is 6.46. The summed E-state index contributed by atoms with van der Waals surface area (Å²) >= 11 is 7.68. The van der Waals surface area contributed by atoms with Crippen molar-refractivity contribution in [3.8, 4) is 11.1 Å². The Morgan fingerprint density at radius 3 is 2.00 bits per heavy atom. The lowest BCUT2D eigenvalue weighted by atomic mass is 9.65. The summed E-state index contributed by atoms with van der Waals surface area (Å²) in [4.78, 5) is 0. The number of allylic oxidation sites excluding steroid dienone is 5. The van der Waals surface area contributed by atoms with E-state index in [4.69, 9.17) is 9.47 Å². The minimum atomic E-state index is -0.484. The average molecular weight is 749 g/mol. The zero-order valence-electron chi connectivity index (χ0n) is 29.1. The zero-order chi connectivity index (χ0) is 33.4. The van der Waals surface area contributed by atoms with Crippen molar-refractivity contribution < 1.29 is 9.47 Å². The summed E-state index contributed by atoms with van der Waals surface area (Å²) in [5.74, 6) is 2.98. The maximum Gasteiger partial charge on any atom is 0.156 e. The average Bonchev–Trinajstić information content (AvgIpc) is 3.32. The topological polar surface area (TPSA) is 18.5 Å². The molecule has 4 heteroatoms. The van der Waals surface area contributed by atoms with Crippen molar-refractivity contribution in [3.05, 3.63) is 127 Å². The fourth-order valence-corrected chi connectivity index (χ4v) is 7.18. The van der Waals surface area contributed by atoms with Crippen molar-refractivity contribution >= 4 is 31.9 Å². The number of ether oxygens (including phenoxy) is 2. The highest BCUT2D eigenvalue weighted by Crippen LogP contribution is 2.58. The standard InChI is InChI=1S/C40H46Br2O2.C2H6/c1-7-26(3)20-21-43-39-19-14-30(10-9-11-38(39)44-25-27(4)8-2)40(35-22-28(5)12-13-29(35)6)36-23-31(41)15-17-33(36)34-18-16-32(42)24-37(34)40;1-2/h10,12-19,22-24,26-27H,7-9,11,20-21,25H2,1-6H3;1-2H3/b19-14?,30-10?,39-38-;. The molecule has 0 fully saturated rings. The maximum absolute atomic E-state index is 6.56. The van der Waals surface area contributed by atoms with Crippen LogP contribution in [0.4, 0.5) is 0 Å². The van der Waals surface area contributed by atoms with Crippen LogP contribution in [0.2, 0.25) is 0 Å². The van der Waals surface area contributed by atoms with Gasteiger partial charge in [-0.1, -0.05) is 134 Å². The second kappa shape index (κ2) is 16.5. The molecule has 0 aromatic heterocycles. The minimum absolute atomic E-state index is 0.484. The molecule has 5 rings (SSSR count). The molecule has 0 spiro atoms. The van der Waals surface area contributed by atoms with E-state index in [2.05, 4.69) is 146 Å². The lowest BCUT2D eigenvalue weighted by Gasteiger charge is -2.37. The van der Waals surface area contributed by atoms with Gasteiger partial charge in [-0.2, -0.15) is 0 Å². The Kier molecular flexibility index (Phi) is 13.0. The van der Waals surface area contributed by atoms with Gasteiger partial charge in [0.2, 0.25) is 0 Å². The van der Waals surface area contributed by atoms with Crippen LogP contribution in [-0.2, 0) is 14.9 Å². The minimum Gasteiger partial charge on any atom is -0.494 e. The molecule has 0 saturated heterocycles. The van der Waals surface area contributed by atoms with Gasteiger partial charge in [0, 0.05) is 15.4 Å². The largest absolute Gasteiger partial charge is 0.494 e. The Balaban J connectivity index is 0.00000235. The predicted molar refractivity (Wildman–Crippen MR) is 203 cm³/mol. The lowest BCUT2D eigenvalue weighted by molar-refractivity contribution is 0.127. The van der Waals surface area contributed by atoms with Crippen molar-refractivity contribution in [2.24, 2.45) is 11.8 Å². The normalized spacial score (nSPS) is 17.8. The molecule has 3 aromatic carbocycles. The molecule has 0 N–H and O–H groups in total. The molecule has 46 heavy (non-hydrogen) atoms. The first-order valence-corrected chi connectivity index (χ1v) is 18.8. The smallest absolute Gasteiger partial charge is 0.156 e. The van der Waals surface area contributed by atoms with Gasteiger partial charge in [-0.05, 0) is 108 Å². The van der Waals surface area contributed by atoms with Gasteiger partial charge in [-0.25, -0.2) is 0 Å². The van der Waals surface area contributed by atoms with E-state index in [9.17, 15) is 0 Å². The van der Waals surface area contributed by atoms with E-state index in [1.54, 1.807) is 0 Å². The van der Waals surface area contributed by atoms with E-state index in [1.807, 2.05) is 13.8 Å². The van der Waals surface area contributed by atoms with Crippen molar-refractivity contribution in [1.29, 1.82) is 0 Å². The molecule has 0 heterocycles. The Hall–Kier alpha value is -2.56. The molecule has 0 bridgehead atoms. The van der Waals surface area contributed by atoms with E-state index in [1.165, 1.54) is 44.5 Å². The summed E-state index contributed by atoms with van der Waals surface area (Å²) in [7, 11) is 0. The highest BCUT2D eigenvalue weighted by atomic mass is 79.9. The summed E-state index contributed by atoms with van der Waals surface area (Å²) in [5, 5.41) is 0. The number of aryl methyl sites for hydroxylation is 2. The van der Waals surface area contributed by atoms with Gasteiger partial charge in [0.15, 0.2) is 5.76 Å². The number of benzene rings is 3. The van der Waals surface area contributed by atoms with Crippen molar-refractivity contribution in [2.75, 3.05) is 13.2 Å². The Bertz CT molecular complexity index is 1540. The molecule has 2 aliphatic carbocycles. The maximum atomic E-state index is 6.56. The molecule has 2 nitrogen and oxygen atoms in total. The molecule has 3 aromatic rings. The molecule has 2 atom stereocenters. The highest BCUT2D eigenvalue weighted by Gasteiger charge is 2.48.